The first-order valence-electron chi connectivity index (χ1n) is 8.71. The van der Waals surface area contributed by atoms with E-state index >= 15 is 0 Å². The maximum Gasteiger partial charge on any atom is 0.301 e. The molecule has 1 saturated heterocycles. The topological polar surface area (TPSA) is 70.5 Å². The molecule has 1 aromatic heterocycles. The maximum atomic E-state index is 13.0. The minimum atomic E-state index is -0.794. The van der Waals surface area contributed by atoms with Crippen molar-refractivity contribution in [3.05, 3.63) is 98.6 Å². The van der Waals surface area contributed by atoms with E-state index in [1.165, 1.54) is 4.90 Å². The molecule has 1 atom stereocenters. The number of hydrogen-bond donors (Lipinski definition) is 1. The summed E-state index contributed by atoms with van der Waals surface area (Å²) in [6.07, 6.45) is 1.56. The van der Waals surface area contributed by atoms with E-state index in [1.807, 2.05) is 30.3 Å². The van der Waals surface area contributed by atoms with Gasteiger partial charge in [0.15, 0.2) is 0 Å². The molecule has 0 aliphatic carbocycles. The van der Waals surface area contributed by atoms with Gasteiger partial charge >= 0.3 is 5.91 Å². The van der Waals surface area contributed by atoms with Crippen molar-refractivity contribution in [3.8, 4) is 0 Å². The normalized spacial score (nSPS) is 18.3. The van der Waals surface area contributed by atoms with E-state index in [1.54, 1.807) is 42.6 Å². The van der Waals surface area contributed by atoms with Gasteiger partial charge in [0.1, 0.15) is 11.6 Å². The van der Waals surface area contributed by atoms with E-state index in [-0.39, 0.29) is 11.3 Å². The number of aliphatic hydroxyl groups is 1. The smallest absolute Gasteiger partial charge is 0.301 e. The number of halogens is 2. The van der Waals surface area contributed by atoms with Crippen molar-refractivity contribution in [2.45, 2.75) is 6.04 Å². The minimum absolute atomic E-state index is 0.0354. The number of nitrogens with zero attached hydrogens (tertiary/aromatic N) is 2. The summed E-state index contributed by atoms with van der Waals surface area (Å²) in [7, 11) is 0. The highest BCUT2D eigenvalue weighted by Crippen LogP contribution is 2.41. The lowest BCUT2D eigenvalue weighted by Gasteiger charge is -2.24. The SMILES string of the molecule is O=C1C(=O)N(c2ccc(Br)cn2)[C@@H](c2ccc(Br)cc2)C1=C(O)c1ccccc1. The number of aliphatic hydroxyl groups excluding tert-OH is 1. The Morgan fingerprint density at radius 2 is 1.55 bits per heavy atom. The second kappa shape index (κ2) is 7.93. The summed E-state index contributed by atoms with van der Waals surface area (Å²) in [4.78, 5) is 31.5. The zero-order valence-electron chi connectivity index (χ0n) is 14.9. The number of hydrogen-bond acceptors (Lipinski definition) is 4. The molecular weight excluding hydrogens is 500 g/mol. The Balaban J connectivity index is 1.94. The molecule has 1 fully saturated rings. The summed E-state index contributed by atoms with van der Waals surface area (Å²) >= 11 is 6.73. The van der Waals surface area contributed by atoms with Crippen LogP contribution in [0.5, 0.6) is 0 Å². The second-order valence-corrected chi connectivity index (χ2v) is 8.25. The monoisotopic (exact) mass is 512 g/mol. The fourth-order valence-corrected chi connectivity index (χ4v) is 3.79. The van der Waals surface area contributed by atoms with Gasteiger partial charge in [0.2, 0.25) is 0 Å². The van der Waals surface area contributed by atoms with Crippen molar-refractivity contribution < 1.29 is 14.7 Å². The van der Waals surface area contributed by atoms with Gasteiger partial charge in [-0.25, -0.2) is 4.98 Å². The van der Waals surface area contributed by atoms with Crippen LogP contribution in [0.4, 0.5) is 5.82 Å². The van der Waals surface area contributed by atoms with Crippen molar-refractivity contribution in [1.82, 2.24) is 4.98 Å². The number of amides is 1. The van der Waals surface area contributed by atoms with E-state index in [4.69, 9.17) is 0 Å². The zero-order valence-corrected chi connectivity index (χ0v) is 18.1. The molecule has 144 valence electrons. The van der Waals surface area contributed by atoms with Crippen LogP contribution in [0, 0.1) is 0 Å². The number of Topliss-reactive ketones (excluding diaryl/α,β-unsaturated/α-hetero) is 1. The highest BCUT2D eigenvalue weighted by molar-refractivity contribution is 9.10. The number of anilines is 1. The summed E-state index contributed by atoms with van der Waals surface area (Å²) in [5, 5.41) is 10.9. The van der Waals surface area contributed by atoms with Crippen LogP contribution in [0.2, 0.25) is 0 Å². The van der Waals surface area contributed by atoms with Crippen LogP contribution in [0.25, 0.3) is 5.76 Å². The first-order chi connectivity index (χ1) is 14.0. The first kappa shape index (κ1) is 19.5. The van der Waals surface area contributed by atoms with Crippen molar-refractivity contribution in [1.29, 1.82) is 0 Å². The van der Waals surface area contributed by atoms with Gasteiger partial charge in [0.25, 0.3) is 5.78 Å². The summed E-state index contributed by atoms with van der Waals surface area (Å²) < 4.78 is 1.62. The van der Waals surface area contributed by atoms with Gasteiger partial charge in [-0.15, -0.1) is 0 Å². The minimum Gasteiger partial charge on any atom is -0.507 e. The molecule has 0 saturated carbocycles. The number of pyridine rings is 1. The van der Waals surface area contributed by atoms with Gasteiger partial charge in [-0.2, -0.15) is 0 Å². The molecule has 4 rings (SSSR count). The Labute approximate surface area is 184 Å². The summed E-state index contributed by atoms with van der Waals surface area (Å²) in [5.74, 6) is -1.36. The van der Waals surface area contributed by atoms with Crippen molar-refractivity contribution >= 4 is 55.1 Å². The predicted octanol–water partition coefficient (Wildman–Crippen LogP) is 5.23. The number of carbonyl (C=O) groups is 2. The van der Waals surface area contributed by atoms with E-state index < -0.39 is 17.7 Å². The van der Waals surface area contributed by atoms with Gasteiger partial charge in [-0.3, -0.25) is 14.5 Å². The Hall–Kier alpha value is -2.77. The third-order valence-electron chi connectivity index (χ3n) is 4.64. The molecule has 0 unspecified atom stereocenters. The lowest BCUT2D eigenvalue weighted by Crippen LogP contribution is -2.30. The Morgan fingerprint density at radius 1 is 0.897 bits per heavy atom. The van der Waals surface area contributed by atoms with Crippen molar-refractivity contribution in [3.63, 3.8) is 0 Å². The molecule has 7 heteroatoms. The number of rotatable bonds is 3. The maximum absolute atomic E-state index is 13.0. The number of ketones is 1. The van der Waals surface area contributed by atoms with E-state index in [9.17, 15) is 14.7 Å². The predicted molar refractivity (Wildman–Crippen MR) is 117 cm³/mol. The number of carbonyl (C=O) groups excluding carboxylic acids is 2. The van der Waals surface area contributed by atoms with Gasteiger partial charge < -0.3 is 5.11 Å². The number of aromatic nitrogens is 1. The molecule has 1 aliphatic heterocycles. The molecule has 2 aromatic carbocycles. The third kappa shape index (κ3) is 3.63. The van der Waals surface area contributed by atoms with Gasteiger partial charge in [0.05, 0.1) is 11.6 Å². The van der Waals surface area contributed by atoms with Gasteiger partial charge in [-0.1, -0.05) is 58.4 Å². The third-order valence-corrected chi connectivity index (χ3v) is 5.63. The second-order valence-electron chi connectivity index (χ2n) is 6.42. The molecule has 1 N–H and O–H groups in total. The molecule has 0 spiro atoms. The lowest BCUT2D eigenvalue weighted by molar-refractivity contribution is -0.132. The molecular formula is C22H14Br2N2O3. The van der Waals surface area contributed by atoms with Crippen molar-refractivity contribution in [2.75, 3.05) is 4.90 Å². The largest absolute Gasteiger partial charge is 0.507 e. The molecule has 1 aliphatic rings. The molecule has 2 heterocycles. The molecule has 5 nitrogen and oxygen atoms in total. The van der Waals surface area contributed by atoms with Gasteiger partial charge in [0, 0.05) is 20.7 Å². The summed E-state index contributed by atoms with van der Waals surface area (Å²) in [6, 6.07) is 18.6. The molecule has 3 aromatic rings. The molecule has 1 amide bonds. The molecule has 0 bridgehead atoms. The van der Waals surface area contributed by atoms with Gasteiger partial charge in [-0.05, 0) is 45.8 Å². The molecule has 29 heavy (non-hydrogen) atoms. The average Bonchev–Trinajstić information content (AvgIpc) is 3.00. The Kier molecular flexibility index (Phi) is 5.34. The fourth-order valence-electron chi connectivity index (χ4n) is 3.29. The van der Waals surface area contributed by atoms with Crippen LogP contribution in [-0.4, -0.2) is 21.8 Å². The highest BCUT2D eigenvalue weighted by atomic mass is 79.9. The van der Waals surface area contributed by atoms with Crippen LogP contribution in [0.1, 0.15) is 17.2 Å². The van der Waals surface area contributed by atoms with Crippen LogP contribution in [0.15, 0.2) is 87.4 Å². The Bertz CT molecular complexity index is 1110. The van der Waals surface area contributed by atoms with E-state index in [0.29, 0.717) is 16.9 Å². The van der Waals surface area contributed by atoms with Crippen LogP contribution < -0.4 is 4.90 Å². The quantitative estimate of drug-likeness (QED) is 0.295. The highest BCUT2D eigenvalue weighted by Gasteiger charge is 2.47. The standard InChI is InChI=1S/C22H14Br2N2O3/c23-15-8-6-13(7-9-15)19-18(20(27)14-4-2-1-3-5-14)21(28)22(29)26(19)17-11-10-16(24)12-25-17/h1-12,19,27H/t19-/m0/s1. The zero-order chi connectivity index (χ0) is 20.5. The van der Waals surface area contributed by atoms with Crippen LogP contribution in [0.3, 0.4) is 0 Å². The van der Waals surface area contributed by atoms with E-state index in [2.05, 4.69) is 36.8 Å². The first-order valence-corrected chi connectivity index (χ1v) is 10.3. The summed E-state index contributed by atoms with van der Waals surface area (Å²) in [5.41, 5.74) is 1.19. The summed E-state index contributed by atoms with van der Waals surface area (Å²) in [6.45, 7) is 0. The van der Waals surface area contributed by atoms with E-state index in [0.717, 1.165) is 8.95 Å². The lowest BCUT2D eigenvalue weighted by atomic mass is 9.95. The van der Waals surface area contributed by atoms with Crippen molar-refractivity contribution in [2.24, 2.45) is 0 Å². The number of benzene rings is 2. The van der Waals surface area contributed by atoms with Crippen LogP contribution >= 0.6 is 31.9 Å². The molecule has 0 radical (unpaired) electrons. The van der Waals surface area contributed by atoms with Crippen LogP contribution in [-0.2, 0) is 9.59 Å². The average molecular weight is 514 g/mol. The Morgan fingerprint density at radius 3 is 2.17 bits per heavy atom. The fraction of sp³-hybridized carbons (Fsp3) is 0.0455.